The van der Waals surface area contributed by atoms with Crippen LogP contribution in [0.4, 0.5) is 0 Å². The molecule has 0 bridgehead atoms. The van der Waals surface area contributed by atoms with Gasteiger partial charge in [-0.3, -0.25) is 0 Å². The van der Waals surface area contributed by atoms with Crippen molar-refractivity contribution < 1.29 is 9.47 Å². The average molecular weight is 147 g/mol. The van der Waals surface area contributed by atoms with Crippen molar-refractivity contribution in [2.24, 2.45) is 0 Å². The second kappa shape index (κ2) is 4.66. The lowest BCUT2D eigenvalue weighted by Gasteiger charge is -2.23. The van der Waals surface area contributed by atoms with Gasteiger partial charge in [0.15, 0.2) is 0 Å². The third-order valence-electron chi connectivity index (χ3n) is 1.34. The molecule has 0 aliphatic carbocycles. The summed E-state index contributed by atoms with van der Waals surface area (Å²) in [7, 11) is 3.53. The molecule has 0 aliphatic rings. The van der Waals surface area contributed by atoms with Gasteiger partial charge in [0.2, 0.25) is 0 Å². The van der Waals surface area contributed by atoms with E-state index in [0.717, 1.165) is 0 Å². The third kappa shape index (κ3) is 4.73. The van der Waals surface area contributed by atoms with E-state index in [1.807, 2.05) is 7.05 Å². The van der Waals surface area contributed by atoms with E-state index in [-0.39, 0.29) is 5.54 Å². The van der Waals surface area contributed by atoms with Crippen molar-refractivity contribution in [1.82, 2.24) is 5.32 Å². The van der Waals surface area contributed by atoms with Gasteiger partial charge < -0.3 is 14.8 Å². The van der Waals surface area contributed by atoms with Crippen molar-refractivity contribution in [3.63, 3.8) is 0 Å². The lowest BCUT2D eigenvalue weighted by atomic mass is 10.1. The highest BCUT2D eigenvalue weighted by Crippen LogP contribution is 2.00. The number of ether oxygens (including phenoxy) is 2. The van der Waals surface area contributed by atoms with Crippen LogP contribution in [0.3, 0.4) is 0 Å². The summed E-state index contributed by atoms with van der Waals surface area (Å²) in [5, 5.41) is 3.12. The average Bonchev–Trinajstić information content (AvgIpc) is 1.89. The lowest BCUT2D eigenvalue weighted by molar-refractivity contribution is -0.0476. The van der Waals surface area contributed by atoms with E-state index in [1.54, 1.807) is 7.11 Å². The monoisotopic (exact) mass is 147 g/mol. The number of likely N-dealkylation sites (N-methyl/N-ethyl adjacent to an activating group) is 1. The lowest BCUT2D eigenvalue weighted by Crippen LogP contribution is -2.41. The summed E-state index contributed by atoms with van der Waals surface area (Å²) in [6, 6.07) is 0. The fourth-order valence-corrected chi connectivity index (χ4v) is 0.452. The highest BCUT2D eigenvalue weighted by Gasteiger charge is 2.13. The van der Waals surface area contributed by atoms with Crippen molar-refractivity contribution in [3.8, 4) is 0 Å². The molecule has 0 aromatic heterocycles. The number of methoxy groups -OCH3 is 1. The number of hydrogen-bond acceptors (Lipinski definition) is 3. The van der Waals surface area contributed by atoms with Crippen LogP contribution in [-0.4, -0.2) is 33.1 Å². The molecule has 1 N–H and O–H groups in total. The van der Waals surface area contributed by atoms with E-state index >= 15 is 0 Å². The van der Waals surface area contributed by atoms with Gasteiger partial charge >= 0.3 is 0 Å². The van der Waals surface area contributed by atoms with Gasteiger partial charge in [-0.05, 0) is 20.9 Å². The molecule has 0 aromatic carbocycles. The van der Waals surface area contributed by atoms with Gasteiger partial charge in [-0.15, -0.1) is 0 Å². The minimum absolute atomic E-state index is 0.0402. The molecule has 0 fully saturated rings. The van der Waals surface area contributed by atoms with Crippen LogP contribution < -0.4 is 5.32 Å². The van der Waals surface area contributed by atoms with E-state index < -0.39 is 0 Å². The minimum atomic E-state index is 0.0402. The normalized spacial score (nSPS) is 12.0. The largest absolute Gasteiger partial charge is 0.359 e. The van der Waals surface area contributed by atoms with Gasteiger partial charge in [0, 0.05) is 12.6 Å². The van der Waals surface area contributed by atoms with Crippen LogP contribution >= 0.6 is 0 Å². The molecule has 0 amide bonds. The van der Waals surface area contributed by atoms with Gasteiger partial charge in [-0.2, -0.15) is 0 Å². The van der Waals surface area contributed by atoms with E-state index in [2.05, 4.69) is 19.2 Å². The topological polar surface area (TPSA) is 30.5 Å². The molecule has 0 rings (SSSR count). The van der Waals surface area contributed by atoms with Crippen molar-refractivity contribution >= 4 is 0 Å². The molecule has 3 heteroatoms. The molecule has 0 atom stereocenters. The van der Waals surface area contributed by atoms with Crippen LogP contribution in [-0.2, 0) is 9.47 Å². The van der Waals surface area contributed by atoms with Gasteiger partial charge in [0.1, 0.15) is 6.79 Å². The Bertz CT molecular complexity index is 83.7. The van der Waals surface area contributed by atoms with E-state index in [4.69, 9.17) is 9.47 Å². The smallest absolute Gasteiger partial charge is 0.146 e. The van der Waals surface area contributed by atoms with E-state index in [0.29, 0.717) is 13.4 Å². The zero-order valence-electron chi connectivity index (χ0n) is 7.23. The first-order valence-corrected chi connectivity index (χ1v) is 3.38. The zero-order valence-corrected chi connectivity index (χ0v) is 7.23. The molecule has 10 heavy (non-hydrogen) atoms. The highest BCUT2D eigenvalue weighted by molar-refractivity contribution is 4.73. The molecule has 0 heterocycles. The Kier molecular flexibility index (Phi) is 4.60. The minimum Gasteiger partial charge on any atom is -0.359 e. The molecule has 62 valence electrons. The molecule has 0 aromatic rings. The summed E-state index contributed by atoms with van der Waals surface area (Å²) in [6.07, 6.45) is 0. The van der Waals surface area contributed by atoms with Gasteiger partial charge in [0.25, 0.3) is 0 Å². The van der Waals surface area contributed by atoms with Crippen molar-refractivity contribution in [2.75, 3.05) is 27.6 Å². The second-order valence-electron chi connectivity index (χ2n) is 2.89. The summed E-state index contributed by atoms with van der Waals surface area (Å²) in [5.74, 6) is 0. The maximum Gasteiger partial charge on any atom is 0.146 e. The predicted octanol–water partition coefficient (Wildman–Crippen LogP) is 0.605. The van der Waals surface area contributed by atoms with Crippen molar-refractivity contribution in [2.45, 2.75) is 19.4 Å². The molecule has 0 radical (unpaired) electrons. The summed E-state index contributed by atoms with van der Waals surface area (Å²) < 4.78 is 9.89. The van der Waals surface area contributed by atoms with Crippen LogP contribution in [0, 0.1) is 0 Å². The van der Waals surface area contributed by atoms with Gasteiger partial charge in [-0.1, -0.05) is 0 Å². The van der Waals surface area contributed by atoms with E-state index in [1.165, 1.54) is 0 Å². The Morgan fingerprint density at radius 2 is 2.00 bits per heavy atom. The molecular formula is C7H17NO2. The number of rotatable bonds is 5. The third-order valence-corrected chi connectivity index (χ3v) is 1.34. The quantitative estimate of drug-likeness (QED) is 0.456. The SMILES string of the molecule is CNC(C)(C)COCOC. The summed E-state index contributed by atoms with van der Waals surface area (Å²) >= 11 is 0. The van der Waals surface area contributed by atoms with Crippen LogP contribution in [0.2, 0.25) is 0 Å². The molecule has 0 saturated heterocycles. The molecule has 0 aliphatic heterocycles. The first kappa shape index (κ1) is 9.88. The van der Waals surface area contributed by atoms with Crippen LogP contribution in [0.1, 0.15) is 13.8 Å². The van der Waals surface area contributed by atoms with Crippen LogP contribution in [0.25, 0.3) is 0 Å². The first-order valence-electron chi connectivity index (χ1n) is 3.38. The second-order valence-corrected chi connectivity index (χ2v) is 2.89. The van der Waals surface area contributed by atoms with Crippen LogP contribution in [0.15, 0.2) is 0 Å². The fourth-order valence-electron chi connectivity index (χ4n) is 0.452. The molecule has 0 spiro atoms. The summed E-state index contributed by atoms with van der Waals surface area (Å²) in [4.78, 5) is 0. The molecular weight excluding hydrogens is 130 g/mol. The predicted molar refractivity (Wildman–Crippen MR) is 41.0 cm³/mol. The number of nitrogens with one attached hydrogen (secondary N) is 1. The maximum absolute atomic E-state index is 5.15. The zero-order chi connectivity index (χ0) is 8.04. The Labute approximate surface area is 62.7 Å². The Morgan fingerprint density at radius 1 is 1.40 bits per heavy atom. The Morgan fingerprint density at radius 3 is 2.40 bits per heavy atom. The summed E-state index contributed by atoms with van der Waals surface area (Å²) in [5.41, 5.74) is 0.0402. The molecule has 3 nitrogen and oxygen atoms in total. The summed E-state index contributed by atoms with van der Waals surface area (Å²) in [6.45, 7) is 5.17. The number of hydrogen-bond donors (Lipinski definition) is 1. The fraction of sp³-hybridized carbons (Fsp3) is 1.00. The highest BCUT2D eigenvalue weighted by atomic mass is 16.7. The van der Waals surface area contributed by atoms with Gasteiger partial charge in [0.05, 0.1) is 6.61 Å². The van der Waals surface area contributed by atoms with Crippen molar-refractivity contribution in [1.29, 1.82) is 0 Å². The Balaban J connectivity index is 3.28. The van der Waals surface area contributed by atoms with Crippen molar-refractivity contribution in [3.05, 3.63) is 0 Å². The first-order chi connectivity index (χ1) is 4.62. The maximum atomic E-state index is 5.15. The van der Waals surface area contributed by atoms with Crippen LogP contribution in [0.5, 0.6) is 0 Å². The van der Waals surface area contributed by atoms with Gasteiger partial charge in [-0.25, -0.2) is 0 Å². The van der Waals surface area contributed by atoms with E-state index in [9.17, 15) is 0 Å². The molecule has 0 saturated carbocycles. The molecule has 0 unspecified atom stereocenters. The Hall–Kier alpha value is -0.120. The standard InChI is InChI=1S/C7H17NO2/c1-7(2,8-3)5-10-6-9-4/h8H,5-6H2,1-4H3.